The molecule has 102 valence electrons. The molecule has 2 aromatic rings. The van der Waals surface area contributed by atoms with Crippen molar-refractivity contribution in [2.24, 2.45) is 0 Å². The second-order valence-electron chi connectivity index (χ2n) is 4.92. The van der Waals surface area contributed by atoms with Crippen molar-refractivity contribution in [3.63, 3.8) is 0 Å². The van der Waals surface area contributed by atoms with Gasteiger partial charge in [-0.15, -0.1) is 0 Å². The lowest BCUT2D eigenvalue weighted by molar-refractivity contribution is -0.129. The average Bonchev–Trinajstić information content (AvgIpc) is 2.80. The standard InChI is InChI=1S/C16H15BrN2O/c17-13-10-15(20)19(11-13)16(12-6-2-1-3-7-12)14-8-4-5-9-18-14/h1-9,13,16H,10-11H2. The van der Waals surface area contributed by atoms with E-state index in [0.29, 0.717) is 6.42 Å². The third-order valence-electron chi connectivity index (χ3n) is 3.51. The van der Waals surface area contributed by atoms with Crippen molar-refractivity contribution in [2.45, 2.75) is 17.3 Å². The highest BCUT2D eigenvalue weighted by atomic mass is 79.9. The van der Waals surface area contributed by atoms with Gasteiger partial charge in [-0.05, 0) is 17.7 Å². The predicted molar refractivity (Wildman–Crippen MR) is 81.6 cm³/mol. The number of alkyl halides is 1. The zero-order valence-electron chi connectivity index (χ0n) is 10.9. The van der Waals surface area contributed by atoms with E-state index in [9.17, 15) is 4.79 Å². The second kappa shape index (κ2) is 5.75. The number of carbonyl (C=O) groups excluding carboxylic acids is 1. The topological polar surface area (TPSA) is 33.2 Å². The molecule has 0 spiro atoms. The summed E-state index contributed by atoms with van der Waals surface area (Å²) in [5.41, 5.74) is 2.01. The lowest BCUT2D eigenvalue weighted by Crippen LogP contribution is -2.31. The Kier molecular flexibility index (Phi) is 3.83. The molecule has 1 aliphatic heterocycles. The molecule has 2 unspecified atom stereocenters. The summed E-state index contributed by atoms with van der Waals surface area (Å²) < 4.78 is 0. The molecule has 1 fully saturated rings. The van der Waals surface area contributed by atoms with Gasteiger partial charge in [0.1, 0.15) is 0 Å². The number of amides is 1. The highest BCUT2D eigenvalue weighted by Gasteiger charge is 2.35. The van der Waals surface area contributed by atoms with E-state index in [0.717, 1.165) is 17.8 Å². The van der Waals surface area contributed by atoms with Gasteiger partial charge in [-0.1, -0.05) is 52.3 Å². The minimum absolute atomic E-state index is 0.104. The van der Waals surface area contributed by atoms with Crippen LogP contribution in [0.5, 0.6) is 0 Å². The van der Waals surface area contributed by atoms with Crippen molar-refractivity contribution < 1.29 is 4.79 Å². The van der Waals surface area contributed by atoms with Gasteiger partial charge >= 0.3 is 0 Å². The molecule has 1 saturated heterocycles. The van der Waals surface area contributed by atoms with E-state index in [1.54, 1.807) is 6.20 Å². The molecular formula is C16H15BrN2O. The van der Waals surface area contributed by atoms with E-state index in [4.69, 9.17) is 0 Å². The molecule has 4 heteroatoms. The summed E-state index contributed by atoms with van der Waals surface area (Å²) in [7, 11) is 0. The highest BCUT2D eigenvalue weighted by Crippen LogP contribution is 2.32. The molecule has 0 saturated carbocycles. The number of nitrogens with zero attached hydrogens (tertiary/aromatic N) is 2. The second-order valence-corrected chi connectivity index (χ2v) is 6.21. The summed E-state index contributed by atoms with van der Waals surface area (Å²) in [6.07, 6.45) is 2.33. The summed E-state index contributed by atoms with van der Waals surface area (Å²) in [5.74, 6) is 0.173. The van der Waals surface area contributed by atoms with Crippen LogP contribution in [0, 0.1) is 0 Å². The summed E-state index contributed by atoms with van der Waals surface area (Å²) in [6.45, 7) is 0.717. The van der Waals surface area contributed by atoms with E-state index in [2.05, 4.69) is 20.9 Å². The number of halogens is 1. The SMILES string of the molecule is O=C1CC(Br)CN1C(c1ccccc1)c1ccccn1. The lowest BCUT2D eigenvalue weighted by atomic mass is 10.0. The lowest BCUT2D eigenvalue weighted by Gasteiger charge is -2.28. The molecule has 1 amide bonds. The fourth-order valence-corrected chi connectivity index (χ4v) is 3.21. The van der Waals surface area contributed by atoms with E-state index >= 15 is 0 Å². The van der Waals surface area contributed by atoms with Crippen LogP contribution in [0.1, 0.15) is 23.7 Å². The number of benzene rings is 1. The van der Waals surface area contributed by atoms with Gasteiger partial charge in [-0.3, -0.25) is 9.78 Å². The molecule has 0 radical (unpaired) electrons. The number of carbonyl (C=O) groups is 1. The zero-order chi connectivity index (χ0) is 13.9. The molecule has 0 N–H and O–H groups in total. The molecule has 2 atom stereocenters. The van der Waals surface area contributed by atoms with Crippen molar-refractivity contribution in [2.75, 3.05) is 6.54 Å². The van der Waals surface area contributed by atoms with Gasteiger partial charge in [-0.25, -0.2) is 0 Å². The third kappa shape index (κ3) is 2.61. The molecule has 1 aromatic carbocycles. The Bertz CT molecular complexity index is 548. The Morgan fingerprint density at radius 2 is 1.90 bits per heavy atom. The number of hydrogen-bond acceptors (Lipinski definition) is 2. The van der Waals surface area contributed by atoms with Gasteiger partial charge in [0.05, 0.1) is 11.7 Å². The predicted octanol–water partition coefficient (Wildman–Crippen LogP) is 3.17. The Morgan fingerprint density at radius 1 is 1.15 bits per heavy atom. The first-order valence-corrected chi connectivity index (χ1v) is 7.56. The van der Waals surface area contributed by atoms with Crippen molar-refractivity contribution in [1.82, 2.24) is 9.88 Å². The number of aromatic nitrogens is 1. The minimum Gasteiger partial charge on any atom is -0.329 e. The molecule has 1 aliphatic rings. The van der Waals surface area contributed by atoms with Crippen LogP contribution in [0.4, 0.5) is 0 Å². The molecular weight excluding hydrogens is 316 g/mol. The molecule has 3 rings (SSSR count). The first-order valence-electron chi connectivity index (χ1n) is 6.65. The summed E-state index contributed by atoms with van der Waals surface area (Å²) >= 11 is 3.55. The molecule has 20 heavy (non-hydrogen) atoms. The van der Waals surface area contributed by atoms with E-state index in [1.807, 2.05) is 53.4 Å². The molecule has 0 bridgehead atoms. The maximum atomic E-state index is 12.2. The fraction of sp³-hybridized carbons (Fsp3) is 0.250. The van der Waals surface area contributed by atoms with Crippen molar-refractivity contribution in [3.8, 4) is 0 Å². The van der Waals surface area contributed by atoms with E-state index in [-0.39, 0.29) is 16.8 Å². The van der Waals surface area contributed by atoms with Crippen LogP contribution in [-0.4, -0.2) is 27.2 Å². The quantitative estimate of drug-likeness (QED) is 0.810. The number of rotatable bonds is 3. The first kappa shape index (κ1) is 13.3. The fourth-order valence-electron chi connectivity index (χ4n) is 2.62. The van der Waals surface area contributed by atoms with Gasteiger partial charge < -0.3 is 4.90 Å². The number of likely N-dealkylation sites (tertiary alicyclic amines) is 1. The van der Waals surface area contributed by atoms with Gasteiger partial charge in [-0.2, -0.15) is 0 Å². The maximum Gasteiger partial charge on any atom is 0.224 e. The molecule has 1 aromatic heterocycles. The average molecular weight is 331 g/mol. The van der Waals surface area contributed by atoms with Gasteiger partial charge in [0.15, 0.2) is 0 Å². The maximum absolute atomic E-state index is 12.2. The summed E-state index contributed by atoms with van der Waals surface area (Å²) in [6, 6.07) is 15.8. The van der Waals surface area contributed by atoms with Gasteiger partial charge in [0, 0.05) is 24.0 Å². The minimum atomic E-state index is -0.104. The zero-order valence-corrected chi connectivity index (χ0v) is 12.5. The molecule has 2 heterocycles. The highest BCUT2D eigenvalue weighted by molar-refractivity contribution is 9.09. The van der Waals surface area contributed by atoms with Crippen LogP contribution < -0.4 is 0 Å². The van der Waals surface area contributed by atoms with Crippen LogP contribution >= 0.6 is 15.9 Å². The number of hydrogen-bond donors (Lipinski definition) is 0. The Morgan fingerprint density at radius 3 is 2.50 bits per heavy atom. The van der Waals surface area contributed by atoms with Crippen LogP contribution in [0.2, 0.25) is 0 Å². The molecule has 0 aliphatic carbocycles. The van der Waals surface area contributed by atoms with Crippen LogP contribution in [0.3, 0.4) is 0 Å². The van der Waals surface area contributed by atoms with Crippen LogP contribution in [0.15, 0.2) is 54.7 Å². The van der Waals surface area contributed by atoms with Crippen LogP contribution in [0.25, 0.3) is 0 Å². The first-order chi connectivity index (χ1) is 9.75. The van der Waals surface area contributed by atoms with Crippen molar-refractivity contribution in [1.29, 1.82) is 0 Å². The number of pyridine rings is 1. The Labute approximate surface area is 126 Å². The monoisotopic (exact) mass is 330 g/mol. The van der Waals surface area contributed by atoms with Gasteiger partial charge in [0.2, 0.25) is 5.91 Å². The molecule has 3 nitrogen and oxygen atoms in total. The van der Waals surface area contributed by atoms with Crippen molar-refractivity contribution in [3.05, 3.63) is 66.0 Å². The van der Waals surface area contributed by atoms with Gasteiger partial charge in [0.25, 0.3) is 0 Å². The van der Waals surface area contributed by atoms with Crippen LogP contribution in [-0.2, 0) is 4.79 Å². The third-order valence-corrected chi connectivity index (χ3v) is 4.12. The summed E-state index contributed by atoms with van der Waals surface area (Å²) in [5, 5.41) is 0. The Hall–Kier alpha value is -1.68. The van der Waals surface area contributed by atoms with E-state index < -0.39 is 0 Å². The van der Waals surface area contributed by atoms with E-state index in [1.165, 1.54) is 0 Å². The smallest absolute Gasteiger partial charge is 0.224 e. The Balaban J connectivity index is 2.03. The summed E-state index contributed by atoms with van der Waals surface area (Å²) in [4.78, 5) is 18.8. The largest absolute Gasteiger partial charge is 0.329 e. The normalized spacial score (nSPS) is 20.1. The van der Waals surface area contributed by atoms with Crippen molar-refractivity contribution >= 4 is 21.8 Å².